The van der Waals surface area contributed by atoms with Crippen LogP contribution in [-0.2, 0) is 20.4 Å². The van der Waals surface area contributed by atoms with E-state index in [1.54, 1.807) is 40.9 Å². The molecule has 0 atom stereocenters. The molecule has 0 radical (unpaired) electrons. The summed E-state index contributed by atoms with van der Waals surface area (Å²) in [5.41, 5.74) is 4.44. The molecule has 0 unspecified atom stereocenters. The standard InChI is InChI=1S/C22H17ClFN3O3S/c1-31(29,30)12-14-3-2-4-15(7-14)17-9-20(26-13-28)22-25-10-21(27(22)11-17)16-5-6-19(24)18(23)8-16/h2-11,13H,12H2,1H3,(H,26,28). The maximum atomic E-state index is 13.6. The SMILES string of the molecule is CS(=O)(=O)Cc1cccc(-c2cc(NC=O)c3ncc(-c4ccc(F)c(Cl)c4)n3c2)c1. The zero-order valence-corrected chi connectivity index (χ0v) is 17.9. The number of nitrogens with one attached hydrogen (secondary N) is 1. The Kier molecular flexibility index (Phi) is 5.51. The molecular formula is C22H17ClFN3O3S. The van der Waals surface area contributed by atoms with Crippen LogP contribution < -0.4 is 5.32 Å². The van der Waals surface area contributed by atoms with E-state index in [1.165, 1.54) is 18.4 Å². The number of carbonyl (C=O) groups is 1. The van der Waals surface area contributed by atoms with E-state index < -0.39 is 15.7 Å². The predicted molar refractivity (Wildman–Crippen MR) is 119 cm³/mol. The van der Waals surface area contributed by atoms with Gasteiger partial charge in [0.25, 0.3) is 0 Å². The van der Waals surface area contributed by atoms with Crippen molar-refractivity contribution in [3.8, 4) is 22.4 Å². The van der Waals surface area contributed by atoms with Crippen LogP contribution in [0.5, 0.6) is 0 Å². The van der Waals surface area contributed by atoms with Crippen LogP contribution in [0, 0.1) is 5.82 Å². The van der Waals surface area contributed by atoms with Gasteiger partial charge in [0.05, 0.1) is 28.4 Å². The van der Waals surface area contributed by atoms with Crippen molar-refractivity contribution in [3.05, 3.63) is 77.3 Å². The molecule has 158 valence electrons. The number of hydrogen-bond acceptors (Lipinski definition) is 4. The molecule has 0 aliphatic rings. The Hall–Kier alpha value is -3.23. The van der Waals surface area contributed by atoms with Crippen molar-refractivity contribution >= 4 is 39.2 Å². The fraction of sp³-hybridized carbons (Fsp3) is 0.0909. The van der Waals surface area contributed by atoms with Crippen molar-refractivity contribution in [3.63, 3.8) is 0 Å². The molecule has 4 rings (SSSR count). The molecule has 31 heavy (non-hydrogen) atoms. The highest BCUT2D eigenvalue weighted by molar-refractivity contribution is 7.89. The number of sulfone groups is 1. The Balaban J connectivity index is 1.90. The van der Waals surface area contributed by atoms with E-state index in [2.05, 4.69) is 10.3 Å². The number of pyridine rings is 1. The average molecular weight is 458 g/mol. The third kappa shape index (κ3) is 4.45. The largest absolute Gasteiger partial charge is 0.326 e. The zero-order valence-electron chi connectivity index (χ0n) is 16.3. The van der Waals surface area contributed by atoms with E-state index in [-0.39, 0.29) is 10.8 Å². The summed E-state index contributed by atoms with van der Waals surface area (Å²) < 4.78 is 38.7. The molecule has 4 aromatic rings. The second kappa shape index (κ2) is 8.13. The van der Waals surface area contributed by atoms with E-state index in [9.17, 15) is 17.6 Å². The Bertz CT molecular complexity index is 1420. The number of aromatic nitrogens is 2. The number of amides is 1. The van der Waals surface area contributed by atoms with Crippen LogP contribution in [0.2, 0.25) is 5.02 Å². The lowest BCUT2D eigenvalue weighted by atomic mass is 10.0. The Labute approximate surface area is 183 Å². The second-order valence-corrected chi connectivity index (χ2v) is 9.69. The average Bonchev–Trinajstić information content (AvgIpc) is 3.13. The summed E-state index contributed by atoms with van der Waals surface area (Å²) in [6.07, 6.45) is 5.18. The molecule has 2 aromatic heterocycles. The van der Waals surface area contributed by atoms with Gasteiger partial charge in [0.15, 0.2) is 15.5 Å². The molecule has 6 nitrogen and oxygen atoms in total. The summed E-state index contributed by atoms with van der Waals surface area (Å²) in [7, 11) is -3.19. The Morgan fingerprint density at radius 1 is 1.13 bits per heavy atom. The molecule has 2 aromatic carbocycles. The van der Waals surface area contributed by atoms with E-state index in [4.69, 9.17) is 11.6 Å². The molecular weight excluding hydrogens is 441 g/mol. The first kappa shape index (κ1) is 21.0. The molecule has 0 spiro atoms. The Morgan fingerprint density at radius 3 is 2.65 bits per heavy atom. The summed E-state index contributed by atoms with van der Waals surface area (Å²) in [6, 6.07) is 13.3. The lowest BCUT2D eigenvalue weighted by Gasteiger charge is -2.11. The van der Waals surface area contributed by atoms with E-state index >= 15 is 0 Å². The first-order chi connectivity index (χ1) is 14.7. The summed E-state index contributed by atoms with van der Waals surface area (Å²) in [6.45, 7) is 0. The third-order valence-corrected chi connectivity index (χ3v) is 5.87. The van der Waals surface area contributed by atoms with Crippen molar-refractivity contribution in [1.29, 1.82) is 0 Å². The fourth-order valence-electron chi connectivity index (χ4n) is 3.43. The van der Waals surface area contributed by atoms with Gasteiger partial charge in [-0.3, -0.25) is 9.20 Å². The first-order valence-electron chi connectivity index (χ1n) is 9.19. The molecule has 1 amide bonds. The van der Waals surface area contributed by atoms with Crippen LogP contribution in [-0.4, -0.2) is 30.5 Å². The van der Waals surface area contributed by atoms with Gasteiger partial charge < -0.3 is 5.32 Å². The van der Waals surface area contributed by atoms with Crippen LogP contribution >= 0.6 is 11.6 Å². The fourth-order valence-corrected chi connectivity index (χ4v) is 4.39. The maximum absolute atomic E-state index is 13.6. The van der Waals surface area contributed by atoms with Gasteiger partial charge in [0.2, 0.25) is 6.41 Å². The number of benzene rings is 2. The van der Waals surface area contributed by atoms with Crippen LogP contribution in [0.1, 0.15) is 5.56 Å². The van der Waals surface area contributed by atoms with Gasteiger partial charge in [-0.05, 0) is 35.4 Å². The number of imidazole rings is 1. The van der Waals surface area contributed by atoms with Crippen molar-refractivity contribution in [2.45, 2.75) is 5.75 Å². The van der Waals surface area contributed by atoms with E-state index in [0.29, 0.717) is 34.6 Å². The van der Waals surface area contributed by atoms with Crippen LogP contribution in [0.4, 0.5) is 10.1 Å². The third-order valence-electron chi connectivity index (χ3n) is 4.72. The van der Waals surface area contributed by atoms with Gasteiger partial charge in [-0.25, -0.2) is 17.8 Å². The summed E-state index contributed by atoms with van der Waals surface area (Å²) in [4.78, 5) is 15.6. The molecule has 0 saturated carbocycles. The maximum Gasteiger partial charge on any atom is 0.211 e. The summed E-state index contributed by atoms with van der Waals surface area (Å²) in [5.74, 6) is -0.599. The van der Waals surface area contributed by atoms with Crippen molar-refractivity contribution in [2.24, 2.45) is 0 Å². The van der Waals surface area contributed by atoms with Gasteiger partial charge in [-0.2, -0.15) is 0 Å². The van der Waals surface area contributed by atoms with E-state index in [0.717, 1.165) is 11.1 Å². The number of halogens is 2. The highest BCUT2D eigenvalue weighted by Gasteiger charge is 2.14. The quantitative estimate of drug-likeness (QED) is 0.430. The number of carbonyl (C=O) groups excluding carboxylic acids is 1. The van der Waals surface area contributed by atoms with Crippen molar-refractivity contribution in [1.82, 2.24) is 9.38 Å². The summed E-state index contributed by atoms with van der Waals surface area (Å²) >= 11 is 5.95. The van der Waals surface area contributed by atoms with Gasteiger partial charge >= 0.3 is 0 Å². The zero-order chi connectivity index (χ0) is 22.2. The van der Waals surface area contributed by atoms with Crippen molar-refractivity contribution < 1.29 is 17.6 Å². The highest BCUT2D eigenvalue weighted by atomic mass is 35.5. The molecule has 0 saturated heterocycles. The molecule has 9 heteroatoms. The van der Waals surface area contributed by atoms with Gasteiger partial charge in [-0.1, -0.05) is 35.9 Å². The predicted octanol–water partition coefficient (Wildman–Crippen LogP) is 4.57. The molecule has 1 N–H and O–H groups in total. The molecule has 0 fully saturated rings. The molecule has 2 heterocycles. The van der Waals surface area contributed by atoms with Gasteiger partial charge in [-0.15, -0.1) is 0 Å². The minimum atomic E-state index is -3.19. The highest BCUT2D eigenvalue weighted by Crippen LogP contribution is 2.32. The van der Waals surface area contributed by atoms with Crippen molar-refractivity contribution in [2.75, 3.05) is 11.6 Å². The topological polar surface area (TPSA) is 80.5 Å². The van der Waals surface area contributed by atoms with E-state index in [1.807, 2.05) is 12.3 Å². The number of hydrogen-bond donors (Lipinski definition) is 1. The molecule has 0 aliphatic heterocycles. The molecule has 0 aliphatic carbocycles. The number of rotatable bonds is 6. The minimum absolute atomic E-state index is 0.0108. The normalized spacial score (nSPS) is 11.6. The second-order valence-electron chi connectivity index (χ2n) is 7.14. The van der Waals surface area contributed by atoms with Gasteiger partial charge in [0.1, 0.15) is 5.82 Å². The monoisotopic (exact) mass is 457 g/mol. The smallest absolute Gasteiger partial charge is 0.211 e. The molecule has 0 bridgehead atoms. The number of fused-ring (bicyclic) bond motifs is 1. The lowest BCUT2D eigenvalue weighted by Crippen LogP contribution is -2.01. The number of anilines is 1. The van der Waals surface area contributed by atoms with Crippen LogP contribution in [0.15, 0.2) is 60.9 Å². The minimum Gasteiger partial charge on any atom is -0.326 e. The van der Waals surface area contributed by atoms with Crippen LogP contribution in [0.3, 0.4) is 0 Å². The number of nitrogens with zero attached hydrogens (tertiary/aromatic N) is 2. The lowest BCUT2D eigenvalue weighted by molar-refractivity contribution is -0.105. The Morgan fingerprint density at radius 2 is 1.94 bits per heavy atom. The van der Waals surface area contributed by atoms with Crippen LogP contribution in [0.25, 0.3) is 28.0 Å². The van der Waals surface area contributed by atoms with Gasteiger partial charge in [0, 0.05) is 23.6 Å². The summed E-state index contributed by atoms with van der Waals surface area (Å²) in [5, 5.41) is 2.64. The first-order valence-corrected chi connectivity index (χ1v) is 11.6.